The predicted molar refractivity (Wildman–Crippen MR) is 114 cm³/mol. The number of imidazole rings is 1. The predicted octanol–water partition coefficient (Wildman–Crippen LogP) is 3.87. The van der Waals surface area contributed by atoms with Gasteiger partial charge in [0.1, 0.15) is 22.9 Å². The number of halogens is 1. The van der Waals surface area contributed by atoms with Gasteiger partial charge in [-0.3, -0.25) is 9.20 Å². The molecule has 0 unspecified atom stereocenters. The fraction of sp³-hybridized carbons (Fsp3) is 0.286. The number of nitrogen functional groups attached to an aromatic ring is 1. The van der Waals surface area contributed by atoms with E-state index in [1.165, 1.54) is 0 Å². The van der Waals surface area contributed by atoms with Gasteiger partial charge in [-0.25, -0.2) is 9.97 Å². The van der Waals surface area contributed by atoms with Gasteiger partial charge < -0.3 is 16.5 Å². The summed E-state index contributed by atoms with van der Waals surface area (Å²) >= 11 is 6.34. The third kappa shape index (κ3) is 2.93. The smallest absolute Gasteiger partial charge is 0.220 e. The lowest BCUT2D eigenvalue weighted by Crippen LogP contribution is -2.27. The summed E-state index contributed by atoms with van der Waals surface area (Å²) in [5, 5.41) is 1.67. The van der Waals surface area contributed by atoms with E-state index in [-0.39, 0.29) is 17.7 Å². The number of nitrogens with two attached hydrogens (primary N) is 2. The number of aromatic nitrogens is 4. The summed E-state index contributed by atoms with van der Waals surface area (Å²) in [5.41, 5.74) is 15.0. The normalized spacial score (nSPS) is 19.8. The summed E-state index contributed by atoms with van der Waals surface area (Å²) in [5.74, 6) is 1.36. The second kappa shape index (κ2) is 6.77. The SMILES string of the molecule is NC(=O)C1CCC(c2nc(-c3cc4cccc(Cl)c4[nH]3)c3c(N)nccn23)CC1. The monoisotopic (exact) mass is 408 g/mol. The average Bonchev–Trinajstić information content (AvgIpc) is 3.31. The molecular weight excluding hydrogens is 388 g/mol. The average molecular weight is 409 g/mol. The van der Waals surface area contributed by atoms with Crippen LogP contribution >= 0.6 is 11.6 Å². The Morgan fingerprint density at radius 1 is 1.24 bits per heavy atom. The van der Waals surface area contributed by atoms with Gasteiger partial charge in [0, 0.05) is 29.6 Å². The Morgan fingerprint density at radius 2 is 2.03 bits per heavy atom. The minimum atomic E-state index is -0.208. The molecule has 5 N–H and O–H groups in total. The maximum Gasteiger partial charge on any atom is 0.220 e. The number of nitrogens with zero attached hydrogens (tertiary/aromatic N) is 3. The third-order valence-electron chi connectivity index (χ3n) is 5.97. The van der Waals surface area contributed by atoms with Gasteiger partial charge in [0.2, 0.25) is 5.91 Å². The number of para-hydroxylation sites is 1. The third-order valence-corrected chi connectivity index (χ3v) is 6.28. The largest absolute Gasteiger partial charge is 0.382 e. The minimum absolute atomic E-state index is 0.0421. The molecule has 1 aliphatic rings. The first-order chi connectivity index (χ1) is 14.0. The van der Waals surface area contributed by atoms with Crippen molar-refractivity contribution >= 4 is 39.7 Å². The maximum absolute atomic E-state index is 11.5. The van der Waals surface area contributed by atoms with Gasteiger partial charge in [-0.2, -0.15) is 0 Å². The first-order valence-electron chi connectivity index (χ1n) is 9.72. The van der Waals surface area contributed by atoms with Gasteiger partial charge in [0.25, 0.3) is 0 Å². The molecule has 7 nitrogen and oxygen atoms in total. The number of aromatic amines is 1. The lowest BCUT2D eigenvalue weighted by atomic mass is 9.81. The van der Waals surface area contributed by atoms with Gasteiger partial charge >= 0.3 is 0 Å². The van der Waals surface area contributed by atoms with Crippen molar-refractivity contribution in [1.82, 2.24) is 19.4 Å². The van der Waals surface area contributed by atoms with Crippen LogP contribution in [0.25, 0.3) is 27.8 Å². The number of hydrogen-bond acceptors (Lipinski definition) is 4. The molecule has 1 amide bonds. The van der Waals surface area contributed by atoms with E-state index in [9.17, 15) is 4.79 Å². The van der Waals surface area contributed by atoms with Crippen molar-refractivity contribution in [3.05, 3.63) is 47.5 Å². The highest BCUT2D eigenvalue weighted by Gasteiger charge is 2.29. The number of benzene rings is 1. The molecule has 0 aliphatic heterocycles. The van der Waals surface area contributed by atoms with E-state index < -0.39 is 0 Å². The van der Waals surface area contributed by atoms with E-state index in [0.717, 1.165) is 59.3 Å². The Bertz CT molecular complexity index is 1230. The molecule has 5 rings (SSSR count). The number of amides is 1. The maximum atomic E-state index is 11.5. The summed E-state index contributed by atoms with van der Waals surface area (Å²) in [6.45, 7) is 0. The van der Waals surface area contributed by atoms with Crippen LogP contribution in [0.3, 0.4) is 0 Å². The first kappa shape index (κ1) is 18.0. The molecule has 1 fully saturated rings. The lowest BCUT2D eigenvalue weighted by molar-refractivity contribution is -0.122. The Balaban J connectivity index is 1.63. The van der Waals surface area contributed by atoms with E-state index in [1.807, 2.05) is 34.9 Å². The highest BCUT2D eigenvalue weighted by atomic mass is 35.5. The van der Waals surface area contributed by atoms with Crippen molar-refractivity contribution < 1.29 is 4.79 Å². The Kier molecular flexibility index (Phi) is 4.20. The van der Waals surface area contributed by atoms with Crippen LogP contribution in [-0.2, 0) is 4.79 Å². The summed E-state index contributed by atoms with van der Waals surface area (Å²) in [6, 6.07) is 7.82. The van der Waals surface area contributed by atoms with Gasteiger partial charge in [-0.15, -0.1) is 0 Å². The Hall–Kier alpha value is -3.06. The number of H-pyrrole nitrogens is 1. The molecule has 0 saturated heterocycles. The van der Waals surface area contributed by atoms with E-state index in [0.29, 0.717) is 10.8 Å². The van der Waals surface area contributed by atoms with Crippen LogP contribution in [0.2, 0.25) is 5.02 Å². The number of anilines is 1. The molecule has 8 heteroatoms. The number of carbonyl (C=O) groups excluding carboxylic acids is 1. The highest BCUT2D eigenvalue weighted by molar-refractivity contribution is 6.35. The second-order valence-corrected chi connectivity index (χ2v) is 8.09. The fourth-order valence-electron chi connectivity index (χ4n) is 4.45. The fourth-order valence-corrected chi connectivity index (χ4v) is 4.67. The molecule has 0 radical (unpaired) electrons. The Labute approximate surface area is 172 Å². The molecule has 0 spiro atoms. The molecule has 3 heterocycles. The van der Waals surface area contributed by atoms with Crippen molar-refractivity contribution in [2.45, 2.75) is 31.6 Å². The van der Waals surface area contributed by atoms with Crippen molar-refractivity contribution in [2.24, 2.45) is 11.7 Å². The lowest BCUT2D eigenvalue weighted by Gasteiger charge is -2.25. The standard InChI is InChI=1S/C21H21ClN6O/c22-14-3-1-2-13-10-15(26-16(13)14)17-18-19(23)25-8-9-28(18)21(27-17)12-6-4-11(5-7-12)20(24)29/h1-3,8-12,26H,4-7H2,(H2,23,25)(H2,24,29). The molecular formula is C21H21ClN6O. The Morgan fingerprint density at radius 3 is 2.76 bits per heavy atom. The van der Waals surface area contributed by atoms with Crippen LogP contribution < -0.4 is 11.5 Å². The number of nitrogens with one attached hydrogen (secondary N) is 1. The van der Waals surface area contributed by atoms with Gasteiger partial charge in [0.15, 0.2) is 0 Å². The van der Waals surface area contributed by atoms with Crippen molar-refractivity contribution in [1.29, 1.82) is 0 Å². The molecule has 148 valence electrons. The van der Waals surface area contributed by atoms with E-state index in [4.69, 9.17) is 28.1 Å². The molecule has 29 heavy (non-hydrogen) atoms. The second-order valence-electron chi connectivity index (χ2n) is 7.69. The zero-order chi connectivity index (χ0) is 20.1. The number of primary amides is 1. The topological polar surface area (TPSA) is 115 Å². The van der Waals surface area contributed by atoms with E-state index in [1.54, 1.807) is 6.20 Å². The van der Waals surface area contributed by atoms with Crippen molar-refractivity contribution in [3.8, 4) is 11.4 Å². The summed E-state index contributed by atoms with van der Waals surface area (Å²) in [7, 11) is 0. The van der Waals surface area contributed by atoms with Crippen molar-refractivity contribution in [2.75, 3.05) is 5.73 Å². The van der Waals surface area contributed by atoms with Crippen LogP contribution in [-0.4, -0.2) is 25.3 Å². The highest BCUT2D eigenvalue weighted by Crippen LogP contribution is 2.39. The van der Waals surface area contributed by atoms with E-state index >= 15 is 0 Å². The van der Waals surface area contributed by atoms with Crippen LogP contribution in [0.4, 0.5) is 5.82 Å². The molecule has 3 aromatic heterocycles. The first-order valence-corrected chi connectivity index (χ1v) is 10.1. The molecule has 0 atom stereocenters. The summed E-state index contributed by atoms with van der Waals surface area (Å²) < 4.78 is 2.03. The zero-order valence-electron chi connectivity index (χ0n) is 15.7. The molecule has 1 aromatic carbocycles. The van der Waals surface area contributed by atoms with Gasteiger partial charge in [-0.05, 0) is 37.8 Å². The van der Waals surface area contributed by atoms with Gasteiger partial charge in [-0.1, -0.05) is 23.7 Å². The quantitative estimate of drug-likeness (QED) is 0.477. The minimum Gasteiger partial charge on any atom is -0.382 e. The summed E-state index contributed by atoms with van der Waals surface area (Å²) in [6.07, 6.45) is 6.89. The molecule has 0 bridgehead atoms. The number of hydrogen-bond donors (Lipinski definition) is 3. The van der Waals surface area contributed by atoms with Crippen LogP contribution in [0.15, 0.2) is 36.7 Å². The van der Waals surface area contributed by atoms with Crippen LogP contribution in [0.5, 0.6) is 0 Å². The number of carbonyl (C=O) groups is 1. The van der Waals surface area contributed by atoms with E-state index in [2.05, 4.69) is 9.97 Å². The van der Waals surface area contributed by atoms with Crippen molar-refractivity contribution in [3.63, 3.8) is 0 Å². The molecule has 1 aliphatic carbocycles. The zero-order valence-corrected chi connectivity index (χ0v) is 16.5. The van der Waals surface area contributed by atoms with Crippen LogP contribution in [0.1, 0.15) is 37.4 Å². The molecule has 1 saturated carbocycles. The summed E-state index contributed by atoms with van der Waals surface area (Å²) in [4.78, 5) is 24.2. The van der Waals surface area contributed by atoms with Crippen LogP contribution in [0, 0.1) is 5.92 Å². The number of rotatable bonds is 3. The number of fused-ring (bicyclic) bond motifs is 2. The molecule has 4 aromatic rings. The van der Waals surface area contributed by atoms with Gasteiger partial charge in [0.05, 0.1) is 16.2 Å².